The highest BCUT2D eigenvalue weighted by atomic mass is 16.3. The van der Waals surface area contributed by atoms with Crippen LogP contribution in [-0.2, 0) is 19.2 Å². The van der Waals surface area contributed by atoms with Crippen LogP contribution in [-0.4, -0.2) is 51.8 Å². The number of nitrogens with one attached hydrogen (secondary N) is 2. The number of allylic oxidation sites excluding steroid dienone is 3. The van der Waals surface area contributed by atoms with Crippen molar-refractivity contribution in [3.05, 3.63) is 35.6 Å². The van der Waals surface area contributed by atoms with Crippen LogP contribution in [0.5, 0.6) is 0 Å². The largest absolute Gasteiger partial charge is 0.507 e. The van der Waals surface area contributed by atoms with E-state index in [1.54, 1.807) is 6.08 Å². The van der Waals surface area contributed by atoms with Crippen LogP contribution in [0.15, 0.2) is 35.6 Å². The Kier molecular flexibility index (Phi) is 6.90. The summed E-state index contributed by atoms with van der Waals surface area (Å²) < 4.78 is 0. The Balaban J connectivity index is 1.49. The maximum Gasteiger partial charge on any atom is 0.259 e. The lowest BCUT2D eigenvalue weighted by molar-refractivity contribution is -0.145. The van der Waals surface area contributed by atoms with Crippen molar-refractivity contribution in [3.8, 4) is 0 Å². The van der Waals surface area contributed by atoms with Crippen molar-refractivity contribution < 1.29 is 29.4 Å². The molecule has 0 spiro atoms. The first kappa shape index (κ1) is 25.9. The Morgan fingerprint density at radius 3 is 2.65 bits per heavy atom. The normalized spacial score (nSPS) is 46.0. The molecule has 3 aliphatic carbocycles. The summed E-state index contributed by atoms with van der Waals surface area (Å²) in [4.78, 5) is 51.2. The molecule has 2 amide bonds. The second-order valence-corrected chi connectivity index (χ2v) is 11.7. The summed E-state index contributed by atoms with van der Waals surface area (Å²) >= 11 is 0. The number of Topliss-reactive ketones (excluding diaryl/α,β-unsaturated/α-hetero) is 2. The lowest BCUT2D eigenvalue weighted by atomic mass is 9.61. The number of aliphatic hydroxyl groups excluding tert-OH is 1. The quantitative estimate of drug-likeness (QED) is 0.401. The zero-order chi connectivity index (χ0) is 26.5. The predicted molar refractivity (Wildman–Crippen MR) is 136 cm³/mol. The molecule has 2 heterocycles. The minimum Gasteiger partial charge on any atom is -0.507 e. The SMILES string of the molecule is CC[C@H]1C[C@H]2C[C@H]3[C@@H]4C/C=C\C(=O)NCCC[C@@H]5NC(=O)/C(=C(O)/C=C\[C@H]4CC(=O)[C@@H]3[C@@]2(O)[C@@H]1C)C5=O. The molecule has 3 saturated carbocycles. The molecular formula is C29H38N2O6. The van der Waals surface area contributed by atoms with E-state index in [1.807, 2.05) is 6.08 Å². The second kappa shape index (κ2) is 9.86. The molecule has 0 radical (unpaired) electrons. The third-order valence-electron chi connectivity index (χ3n) is 10.1. The van der Waals surface area contributed by atoms with Gasteiger partial charge in [-0.3, -0.25) is 19.2 Å². The summed E-state index contributed by atoms with van der Waals surface area (Å²) in [7, 11) is 0. The monoisotopic (exact) mass is 510 g/mol. The van der Waals surface area contributed by atoms with Gasteiger partial charge >= 0.3 is 0 Å². The van der Waals surface area contributed by atoms with E-state index < -0.39 is 29.3 Å². The Morgan fingerprint density at radius 2 is 1.89 bits per heavy atom. The Hall–Kier alpha value is -2.74. The number of ketones is 2. The number of rotatable bonds is 1. The van der Waals surface area contributed by atoms with Crippen LogP contribution in [0.4, 0.5) is 0 Å². The smallest absolute Gasteiger partial charge is 0.259 e. The van der Waals surface area contributed by atoms with E-state index in [-0.39, 0.29) is 59.0 Å². The summed E-state index contributed by atoms with van der Waals surface area (Å²) in [6, 6.07) is -0.726. The lowest BCUT2D eigenvalue weighted by Crippen LogP contribution is -2.51. The number of fused-ring (bicyclic) bond motifs is 7. The lowest BCUT2D eigenvalue weighted by Gasteiger charge is -2.44. The van der Waals surface area contributed by atoms with Crippen LogP contribution in [0.1, 0.15) is 58.8 Å². The van der Waals surface area contributed by atoms with Gasteiger partial charge in [-0.1, -0.05) is 32.4 Å². The third-order valence-corrected chi connectivity index (χ3v) is 10.1. The first-order valence-corrected chi connectivity index (χ1v) is 13.8. The van der Waals surface area contributed by atoms with Crippen molar-refractivity contribution in [1.29, 1.82) is 0 Å². The van der Waals surface area contributed by atoms with E-state index in [4.69, 9.17) is 0 Å². The number of aliphatic hydroxyl groups is 2. The van der Waals surface area contributed by atoms with Crippen molar-refractivity contribution >= 4 is 23.4 Å². The van der Waals surface area contributed by atoms with Crippen molar-refractivity contribution in [1.82, 2.24) is 10.6 Å². The molecule has 5 rings (SSSR count). The molecule has 0 aromatic heterocycles. The van der Waals surface area contributed by atoms with E-state index in [0.29, 0.717) is 31.7 Å². The van der Waals surface area contributed by atoms with Crippen LogP contribution in [0.25, 0.3) is 0 Å². The molecule has 1 saturated heterocycles. The average molecular weight is 511 g/mol. The van der Waals surface area contributed by atoms with Crippen LogP contribution < -0.4 is 10.6 Å². The highest BCUT2D eigenvalue weighted by molar-refractivity contribution is 6.27. The zero-order valence-electron chi connectivity index (χ0n) is 21.6. The first-order valence-electron chi connectivity index (χ1n) is 13.8. The van der Waals surface area contributed by atoms with E-state index in [0.717, 1.165) is 19.3 Å². The first-order chi connectivity index (χ1) is 17.7. The molecule has 0 aromatic carbocycles. The minimum absolute atomic E-state index is 0.0172. The molecule has 37 heavy (non-hydrogen) atoms. The molecule has 4 fully saturated rings. The fourth-order valence-electron chi connectivity index (χ4n) is 8.20. The summed E-state index contributed by atoms with van der Waals surface area (Å²) in [6.07, 6.45) is 10.8. The highest BCUT2D eigenvalue weighted by Gasteiger charge is 2.66. The highest BCUT2D eigenvalue weighted by Crippen LogP contribution is 2.63. The van der Waals surface area contributed by atoms with Gasteiger partial charge in [0.1, 0.15) is 17.1 Å². The Labute approximate surface area is 217 Å². The number of amides is 2. The number of carbonyl (C=O) groups is 4. The summed E-state index contributed by atoms with van der Waals surface area (Å²) in [5, 5.41) is 28.1. The van der Waals surface area contributed by atoms with Crippen molar-refractivity contribution in [2.75, 3.05) is 6.54 Å². The van der Waals surface area contributed by atoms with Crippen molar-refractivity contribution in [2.45, 2.75) is 70.4 Å². The number of carbonyl (C=O) groups excluding carboxylic acids is 4. The van der Waals surface area contributed by atoms with Gasteiger partial charge in [-0.2, -0.15) is 0 Å². The van der Waals surface area contributed by atoms with E-state index in [2.05, 4.69) is 24.5 Å². The standard InChI is InChI=1S/C29H38N2O6/c1-3-16-12-18-14-20-19-6-4-8-24(34)30-11-5-7-21-27(35)25(28(36)31-21)22(32)10-9-17(19)13-23(33)26(20)29(18,37)15(16)2/h4,8-10,15-21,26,32,37H,3,5-7,11-14H2,1-2H3,(H,30,34)(H,31,36)/b8-4-,10-9-,25-22-/t15-,16+,17+,18+,19-,20+,21+,26-,29-/m1/s1. The molecule has 8 nitrogen and oxygen atoms in total. The fraction of sp³-hybridized carbons (Fsp3) is 0.655. The zero-order valence-corrected chi connectivity index (χ0v) is 21.6. The van der Waals surface area contributed by atoms with Gasteiger partial charge in [0.2, 0.25) is 5.91 Å². The van der Waals surface area contributed by atoms with Crippen molar-refractivity contribution in [3.63, 3.8) is 0 Å². The van der Waals surface area contributed by atoms with E-state index >= 15 is 0 Å². The number of hydrogen-bond donors (Lipinski definition) is 4. The van der Waals surface area contributed by atoms with Gasteiger partial charge in [-0.05, 0) is 79.8 Å². The van der Waals surface area contributed by atoms with Crippen LogP contribution in [0, 0.1) is 41.4 Å². The van der Waals surface area contributed by atoms with Crippen LogP contribution in [0.3, 0.4) is 0 Å². The predicted octanol–water partition coefficient (Wildman–Crippen LogP) is 2.53. The molecule has 4 N–H and O–H groups in total. The molecule has 2 aliphatic heterocycles. The van der Waals surface area contributed by atoms with E-state index in [1.165, 1.54) is 12.2 Å². The van der Waals surface area contributed by atoms with Crippen molar-refractivity contribution in [2.24, 2.45) is 41.4 Å². The van der Waals surface area contributed by atoms with Gasteiger partial charge in [-0.15, -0.1) is 0 Å². The van der Waals surface area contributed by atoms with Gasteiger partial charge in [0, 0.05) is 13.0 Å². The summed E-state index contributed by atoms with van der Waals surface area (Å²) in [6.45, 7) is 4.59. The molecule has 2 bridgehead atoms. The van der Waals surface area contributed by atoms with Gasteiger partial charge in [0.05, 0.1) is 17.6 Å². The van der Waals surface area contributed by atoms with Gasteiger partial charge < -0.3 is 20.8 Å². The Morgan fingerprint density at radius 1 is 1.11 bits per heavy atom. The van der Waals surface area contributed by atoms with Crippen LogP contribution >= 0.6 is 0 Å². The summed E-state index contributed by atoms with van der Waals surface area (Å²) in [5.41, 5.74) is -1.25. The van der Waals surface area contributed by atoms with Gasteiger partial charge in [0.25, 0.3) is 5.91 Å². The van der Waals surface area contributed by atoms with Gasteiger partial charge in [-0.25, -0.2) is 0 Å². The molecule has 9 atom stereocenters. The molecule has 200 valence electrons. The Bertz CT molecular complexity index is 1090. The minimum atomic E-state index is -0.999. The second-order valence-electron chi connectivity index (χ2n) is 11.7. The molecule has 8 heteroatoms. The molecular weight excluding hydrogens is 472 g/mol. The third kappa shape index (κ3) is 4.27. The maximum atomic E-state index is 13.6. The van der Waals surface area contributed by atoms with E-state index in [9.17, 15) is 29.4 Å². The fourth-order valence-corrected chi connectivity index (χ4v) is 8.20. The van der Waals surface area contributed by atoms with Gasteiger partial charge in [0.15, 0.2) is 5.78 Å². The summed E-state index contributed by atoms with van der Waals surface area (Å²) in [5.74, 6) is -1.80. The number of hydrogen-bond acceptors (Lipinski definition) is 6. The topological polar surface area (TPSA) is 133 Å². The maximum absolute atomic E-state index is 13.6. The average Bonchev–Trinajstić information content (AvgIpc) is 3.41. The molecule has 0 aromatic rings. The molecule has 5 aliphatic rings. The van der Waals surface area contributed by atoms with Crippen LogP contribution in [0.2, 0.25) is 0 Å². The molecule has 0 unspecified atom stereocenters.